The number of urea groups is 1. The monoisotopic (exact) mass is 644 g/mol. The molecular formula is C30H35F3N8O5. The molecule has 1 aromatic carbocycles. The van der Waals surface area contributed by atoms with E-state index in [1.54, 1.807) is 40.5 Å². The van der Waals surface area contributed by atoms with Crippen molar-refractivity contribution in [3.63, 3.8) is 0 Å². The summed E-state index contributed by atoms with van der Waals surface area (Å²) in [6.45, 7) is 1.63. The molecule has 1 aliphatic heterocycles. The van der Waals surface area contributed by atoms with Gasteiger partial charge in [-0.25, -0.2) is 14.6 Å². The largest absolute Gasteiger partial charge is 0.490 e. The van der Waals surface area contributed by atoms with Crippen LogP contribution in [0.3, 0.4) is 0 Å². The summed E-state index contributed by atoms with van der Waals surface area (Å²) in [6, 6.07) is 11.2. The fourth-order valence-electron chi connectivity index (χ4n) is 4.61. The second-order valence-corrected chi connectivity index (χ2v) is 11.2. The molecular weight excluding hydrogens is 609 g/mol. The van der Waals surface area contributed by atoms with E-state index in [0.29, 0.717) is 36.1 Å². The number of benzene rings is 1. The highest BCUT2D eigenvalue weighted by Crippen LogP contribution is 2.38. The number of aliphatic carboxylic acids is 1. The number of pyridine rings is 1. The third-order valence-corrected chi connectivity index (χ3v) is 7.23. The lowest BCUT2D eigenvalue weighted by Gasteiger charge is -2.29. The summed E-state index contributed by atoms with van der Waals surface area (Å²) >= 11 is 0. The van der Waals surface area contributed by atoms with Crippen LogP contribution in [0.25, 0.3) is 0 Å². The van der Waals surface area contributed by atoms with Crippen LogP contribution in [-0.2, 0) is 24.3 Å². The lowest BCUT2D eigenvalue weighted by Crippen LogP contribution is -2.33. The van der Waals surface area contributed by atoms with E-state index in [4.69, 9.17) is 15.0 Å². The molecule has 46 heavy (non-hydrogen) atoms. The fraction of sp³-hybridized carbons (Fsp3) is 0.400. The Morgan fingerprint density at radius 3 is 2.17 bits per heavy atom. The van der Waals surface area contributed by atoms with Crippen LogP contribution in [0.4, 0.5) is 29.5 Å². The Kier molecular flexibility index (Phi) is 10.2. The number of alkyl halides is 3. The van der Waals surface area contributed by atoms with Gasteiger partial charge < -0.3 is 30.4 Å². The molecule has 3 N–H and O–H groups in total. The van der Waals surface area contributed by atoms with E-state index >= 15 is 0 Å². The Hall–Kier alpha value is -5.15. The molecule has 0 spiro atoms. The van der Waals surface area contributed by atoms with Crippen LogP contribution in [0.15, 0.2) is 42.6 Å². The molecule has 1 saturated carbocycles. The van der Waals surface area contributed by atoms with Crippen LogP contribution in [-0.4, -0.2) is 94.4 Å². The molecule has 1 fully saturated rings. The average molecular weight is 645 g/mol. The Bertz CT molecular complexity index is 1580. The van der Waals surface area contributed by atoms with Crippen LogP contribution in [0.1, 0.15) is 56.6 Å². The molecule has 0 radical (unpaired) electrons. The zero-order valence-electron chi connectivity index (χ0n) is 25.8. The third-order valence-electron chi connectivity index (χ3n) is 7.23. The maximum atomic E-state index is 13.3. The zero-order valence-corrected chi connectivity index (χ0v) is 25.8. The number of carboxylic acid groups (broad SMARTS) is 1. The molecule has 0 bridgehead atoms. The minimum atomic E-state index is -5.08. The van der Waals surface area contributed by atoms with Gasteiger partial charge in [0.1, 0.15) is 5.82 Å². The molecule has 1 aliphatic carbocycles. The van der Waals surface area contributed by atoms with Crippen molar-refractivity contribution in [2.45, 2.75) is 44.6 Å². The minimum absolute atomic E-state index is 0.0902. The molecule has 0 saturated heterocycles. The summed E-state index contributed by atoms with van der Waals surface area (Å²) < 4.78 is 33.8. The van der Waals surface area contributed by atoms with E-state index in [9.17, 15) is 27.6 Å². The molecule has 16 heteroatoms. The van der Waals surface area contributed by atoms with Crippen molar-refractivity contribution < 1.29 is 37.5 Å². The summed E-state index contributed by atoms with van der Waals surface area (Å²) in [5.74, 6) is -2.29. The Morgan fingerprint density at radius 2 is 1.65 bits per heavy atom. The van der Waals surface area contributed by atoms with E-state index in [2.05, 4.69) is 25.2 Å². The molecule has 3 aromatic rings. The maximum absolute atomic E-state index is 13.3. The number of rotatable bonds is 7. The number of carboxylic acids is 1. The van der Waals surface area contributed by atoms with Crippen LogP contribution in [0, 0.1) is 0 Å². The topological polar surface area (TPSA) is 153 Å². The Morgan fingerprint density at radius 1 is 1.00 bits per heavy atom. The Labute approximate surface area is 263 Å². The van der Waals surface area contributed by atoms with Gasteiger partial charge in [-0.05, 0) is 42.7 Å². The molecule has 4 amide bonds. The molecule has 5 rings (SSSR count). The first-order valence-corrected chi connectivity index (χ1v) is 14.3. The van der Waals surface area contributed by atoms with E-state index < -0.39 is 12.1 Å². The summed E-state index contributed by atoms with van der Waals surface area (Å²) in [5.41, 5.74) is 4.66. The van der Waals surface area contributed by atoms with Crippen molar-refractivity contribution in [3.05, 3.63) is 70.7 Å². The standard InChI is InChI=1S/C28H34N8O3.C2HF3O2/c1-33(2)27(38)19-7-12-24(29-16-19)35-14-13-23-22(17-35)25(32-36(23)21-10-11-21)26(37)30-15-18-5-8-20(9-6-18)31-28(39)34(3)4;3-2(4,5)1(6)7/h5-9,12,16,21H,10-11,13-15,17H2,1-4H3,(H,30,37)(H,31,39);(H,6,7). The highest BCUT2D eigenvalue weighted by atomic mass is 19.4. The number of carbonyl (C=O) groups excluding carboxylic acids is 3. The predicted molar refractivity (Wildman–Crippen MR) is 162 cm³/mol. The normalized spacial score (nSPS) is 13.9. The first kappa shape index (κ1) is 33.7. The van der Waals surface area contributed by atoms with Crippen LogP contribution in [0.5, 0.6) is 0 Å². The van der Waals surface area contributed by atoms with Crippen molar-refractivity contribution in [1.82, 2.24) is 29.9 Å². The summed E-state index contributed by atoms with van der Waals surface area (Å²) in [4.78, 5) is 56.0. The quantitative estimate of drug-likeness (QED) is 0.353. The zero-order chi connectivity index (χ0) is 33.8. The SMILES string of the molecule is CN(C)C(=O)Nc1ccc(CNC(=O)c2nn(C3CC3)c3c2CN(c2ccc(C(=O)N(C)C)cn2)CC3)cc1.O=C(O)C(F)(F)F. The average Bonchev–Trinajstić information content (AvgIpc) is 3.79. The first-order valence-electron chi connectivity index (χ1n) is 14.3. The second-order valence-electron chi connectivity index (χ2n) is 11.2. The number of nitrogens with zero attached hydrogens (tertiary/aromatic N) is 6. The van der Waals surface area contributed by atoms with Crippen LogP contribution in [0.2, 0.25) is 0 Å². The summed E-state index contributed by atoms with van der Waals surface area (Å²) in [5, 5.41) is 17.7. The third kappa shape index (κ3) is 8.31. The number of hydrogen-bond donors (Lipinski definition) is 3. The van der Waals surface area contributed by atoms with Gasteiger partial charge in [0, 0.05) is 77.4 Å². The van der Waals surface area contributed by atoms with Crippen LogP contribution >= 0.6 is 0 Å². The molecule has 2 aliphatic rings. The number of nitrogens with one attached hydrogen (secondary N) is 2. The van der Waals surface area contributed by atoms with Crippen molar-refractivity contribution in [2.75, 3.05) is 45.0 Å². The van der Waals surface area contributed by atoms with Gasteiger partial charge >= 0.3 is 18.2 Å². The lowest BCUT2D eigenvalue weighted by molar-refractivity contribution is -0.192. The number of aromatic nitrogens is 3. The van der Waals surface area contributed by atoms with E-state index in [1.807, 2.05) is 30.3 Å². The van der Waals surface area contributed by atoms with Gasteiger partial charge in [0.15, 0.2) is 5.69 Å². The minimum Gasteiger partial charge on any atom is -0.475 e. The van der Waals surface area contributed by atoms with Crippen molar-refractivity contribution in [3.8, 4) is 0 Å². The van der Waals surface area contributed by atoms with E-state index in [0.717, 1.165) is 48.4 Å². The van der Waals surface area contributed by atoms with E-state index in [1.165, 1.54) is 9.80 Å². The van der Waals surface area contributed by atoms with Crippen molar-refractivity contribution in [1.29, 1.82) is 0 Å². The van der Waals surface area contributed by atoms with Gasteiger partial charge in [0.25, 0.3) is 11.8 Å². The second kappa shape index (κ2) is 13.9. The Balaban J connectivity index is 0.000000617. The highest BCUT2D eigenvalue weighted by molar-refractivity contribution is 5.95. The van der Waals surface area contributed by atoms with Gasteiger partial charge in [-0.1, -0.05) is 12.1 Å². The lowest BCUT2D eigenvalue weighted by atomic mass is 10.0. The van der Waals surface area contributed by atoms with Gasteiger partial charge in [0.05, 0.1) is 11.6 Å². The van der Waals surface area contributed by atoms with Crippen molar-refractivity contribution >= 4 is 35.3 Å². The highest BCUT2D eigenvalue weighted by Gasteiger charge is 2.38. The fourth-order valence-corrected chi connectivity index (χ4v) is 4.61. The molecule has 0 atom stereocenters. The van der Waals surface area contributed by atoms with Gasteiger partial charge in [-0.2, -0.15) is 18.3 Å². The molecule has 2 aromatic heterocycles. The number of carbonyl (C=O) groups is 4. The molecule has 3 heterocycles. The van der Waals surface area contributed by atoms with Crippen LogP contribution < -0.4 is 15.5 Å². The van der Waals surface area contributed by atoms with Gasteiger partial charge in [0.2, 0.25) is 0 Å². The van der Waals surface area contributed by atoms with Crippen molar-refractivity contribution in [2.24, 2.45) is 0 Å². The smallest absolute Gasteiger partial charge is 0.475 e. The summed E-state index contributed by atoms with van der Waals surface area (Å²) in [6.07, 6.45) is -0.547. The molecule has 0 unspecified atom stereocenters. The first-order chi connectivity index (χ1) is 21.6. The van der Waals surface area contributed by atoms with Gasteiger partial charge in [-0.15, -0.1) is 0 Å². The number of fused-ring (bicyclic) bond motifs is 1. The molecule has 246 valence electrons. The number of anilines is 2. The molecule has 13 nitrogen and oxygen atoms in total. The van der Waals surface area contributed by atoms with E-state index in [-0.39, 0.29) is 17.8 Å². The number of amides is 4. The predicted octanol–water partition coefficient (Wildman–Crippen LogP) is 3.53. The number of hydrogen-bond acceptors (Lipinski definition) is 7. The van der Waals surface area contributed by atoms with Gasteiger partial charge in [-0.3, -0.25) is 14.3 Å². The summed E-state index contributed by atoms with van der Waals surface area (Å²) in [7, 11) is 6.80. The number of halogens is 3. The maximum Gasteiger partial charge on any atom is 0.490 e.